The summed E-state index contributed by atoms with van der Waals surface area (Å²) in [5.74, 6) is 0.235. The molecule has 178 valence electrons. The van der Waals surface area contributed by atoms with E-state index in [2.05, 4.69) is 35.9 Å². The van der Waals surface area contributed by atoms with E-state index in [1.807, 2.05) is 28.8 Å². The highest BCUT2D eigenvalue weighted by Gasteiger charge is 2.49. The van der Waals surface area contributed by atoms with Crippen LogP contribution in [0.5, 0.6) is 11.6 Å². The van der Waals surface area contributed by atoms with E-state index in [0.717, 1.165) is 23.9 Å². The van der Waals surface area contributed by atoms with Crippen LogP contribution in [-0.4, -0.2) is 40.2 Å². The van der Waals surface area contributed by atoms with Crippen molar-refractivity contribution in [3.8, 4) is 11.6 Å². The molecule has 3 aromatic rings. The Hall–Kier alpha value is -3.19. The molecule has 1 aromatic heterocycles. The smallest absolute Gasteiger partial charge is 0.295 e. The molecule has 1 saturated heterocycles. The first-order chi connectivity index (χ1) is 16.2. The summed E-state index contributed by atoms with van der Waals surface area (Å²) >= 11 is 0. The maximum Gasteiger partial charge on any atom is 0.295 e. The van der Waals surface area contributed by atoms with Crippen molar-refractivity contribution < 1.29 is 14.6 Å². The van der Waals surface area contributed by atoms with Crippen LogP contribution in [0.4, 0.5) is 5.69 Å². The van der Waals surface area contributed by atoms with Gasteiger partial charge < -0.3 is 9.84 Å². The highest BCUT2D eigenvalue weighted by Crippen LogP contribution is 2.53. The lowest BCUT2D eigenvalue weighted by Crippen LogP contribution is -2.35. The molecule has 5 rings (SSSR count). The number of benzene rings is 2. The molecule has 2 aliphatic rings. The third-order valence-corrected chi connectivity index (χ3v) is 7.34. The molecule has 1 aliphatic carbocycles. The van der Waals surface area contributed by atoms with E-state index in [9.17, 15) is 9.90 Å². The molecule has 0 radical (unpaired) electrons. The van der Waals surface area contributed by atoms with Gasteiger partial charge in [0.15, 0.2) is 5.69 Å². The Morgan fingerprint density at radius 1 is 1.12 bits per heavy atom. The van der Waals surface area contributed by atoms with Crippen LogP contribution in [0.3, 0.4) is 0 Å². The second kappa shape index (κ2) is 8.24. The number of azo groups is 1. The second-order valence-electron chi connectivity index (χ2n) is 11.0. The molecular weight excluding hydrogens is 428 g/mol. The fraction of sp³-hybridized carbons (Fsp3) is 0.444. The number of carbonyl (C=O) groups excluding carboxylic acids is 1. The molecule has 2 fully saturated rings. The second-order valence-corrected chi connectivity index (χ2v) is 11.0. The van der Waals surface area contributed by atoms with E-state index in [4.69, 9.17) is 4.74 Å². The van der Waals surface area contributed by atoms with Gasteiger partial charge in [-0.3, -0.25) is 14.3 Å². The van der Waals surface area contributed by atoms with Crippen LogP contribution in [-0.2, 0) is 6.67 Å². The molecule has 2 heterocycles. The van der Waals surface area contributed by atoms with Crippen LogP contribution in [0, 0.1) is 10.8 Å². The van der Waals surface area contributed by atoms with Gasteiger partial charge >= 0.3 is 0 Å². The minimum atomic E-state index is -0.470. The van der Waals surface area contributed by atoms with Gasteiger partial charge in [-0.2, -0.15) is 0 Å². The summed E-state index contributed by atoms with van der Waals surface area (Å²) < 4.78 is 7.04. The largest absolute Gasteiger partial charge is 0.497 e. The van der Waals surface area contributed by atoms with Crippen molar-refractivity contribution in [3.05, 3.63) is 54.1 Å². The van der Waals surface area contributed by atoms with Gasteiger partial charge in [-0.25, -0.2) is 0 Å². The molecule has 1 amide bonds. The Kier molecular flexibility index (Phi) is 5.47. The highest BCUT2D eigenvalue weighted by atomic mass is 16.5. The Balaban J connectivity index is 1.44. The summed E-state index contributed by atoms with van der Waals surface area (Å²) in [6, 6.07) is 15.0. The highest BCUT2D eigenvalue weighted by molar-refractivity contribution is 5.97. The monoisotopic (exact) mass is 460 g/mol. The number of aromatic hydroxyl groups is 1. The predicted molar refractivity (Wildman–Crippen MR) is 132 cm³/mol. The fourth-order valence-electron chi connectivity index (χ4n) is 6.32. The summed E-state index contributed by atoms with van der Waals surface area (Å²) in [6.45, 7) is 8.72. The summed E-state index contributed by atoms with van der Waals surface area (Å²) in [5.41, 5.74) is 2.25. The van der Waals surface area contributed by atoms with Crippen molar-refractivity contribution >= 4 is 22.5 Å². The van der Waals surface area contributed by atoms with Crippen LogP contribution in [0.15, 0.2) is 58.8 Å². The Bertz CT molecular complexity index is 1260. The zero-order valence-electron chi connectivity index (χ0n) is 20.3. The molecule has 2 bridgehead atoms. The number of likely N-dealkylation sites (tertiary alicyclic amines) is 1. The lowest BCUT2D eigenvalue weighted by atomic mass is 9.65. The van der Waals surface area contributed by atoms with Crippen molar-refractivity contribution in [3.63, 3.8) is 0 Å². The van der Waals surface area contributed by atoms with Gasteiger partial charge in [-0.05, 0) is 60.4 Å². The van der Waals surface area contributed by atoms with Crippen LogP contribution in [0.1, 0.15) is 50.4 Å². The van der Waals surface area contributed by atoms with E-state index in [-0.39, 0.29) is 5.88 Å². The number of hydrogen-bond donors (Lipinski definition) is 1. The number of hydrogen-bond acceptors (Lipinski definition) is 5. The van der Waals surface area contributed by atoms with Crippen molar-refractivity contribution in [1.82, 2.24) is 9.47 Å². The number of para-hydroxylation sites is 1. The Labute approximate surface area is 200 Å². The normalized spacial score (nSPS) is 24.2. The third-order valence-electron chi connectivity index (χ3n) is 7.34. The molecule has 0 spiro atoms. The van der Waals surface area contributed by atoms with Gasteiger partial charge in [0.25, 0.3) is 5.91 Å². The SMILES string of the molecule is COc1ccc(C(=O)N=Nc2c(O)n(CN3C[C@@]4(C)C[C@H]3CC(C)(C)C4)c3ccccc23)cc1. The number of amides is 1. The van der Waals surface area contributed by atoms with Crippen LogP contribution < -0.4 is 4.74 Å². The number of methoxy groups -OCH3 is 1. The van der Waals surface area contributed by atoms with E-state index >= 15 is 0 Å². The maximum atomic E-state index is 12.6. The third kappa shape index (κ3) is 4.09. The zero-order chi connectivity index (χ0) is 24.1. The predicted octanol–water partition coefficient (Wildman–Crippen LogP) is 6.14. The van der Waals surface area contributed by atoms with E-state index < -0.39 is 5.91 Å². The zero-order valence-corrected chi connectivity index (χ0v) is 20.3. The molecule has 7 heteroatoms. The number of fused-ring (bicyclic) bond motifs is 3. The first-order valence-electron chi connectivity index (χ1n) is 11.8. The van der Waals surface area contributed by atoms with Crippen molar-refractivity contribution in [2.75, 3.05) is 13.7 Å². The summed E-state index contributed by atoms with van der Waals surface area (Å²) in [5, 5.41) is 20.1. The van der Waals surface area contributed by atoms with Gasteiger partial charge in [0.2, 0.25) is 5.88 Å². The van der Waals surface area contributed by atoms with E-state index in [1.54, 1.807) is 31.4 Å². The number of rotatable bonds is 5. The molecule has 1 saturated carbocycles. The molecule has 7 nitrogen and oxygen atoms in total. The molecule has 2 aromatic carbocycles. The number of ether oxygens (including phenoxy) is 1. The Morgan fingerprint density at radius 3 is 2.59 bits per heavy atom. The minimum Gasteiger partial charge on any atom is -0.497 e. The van der Waals surface area contributed by atoms with Crippen molar-refractivity contribution in [2.24, 2.45) is 21.1 Å². The number of carbonyl (C=O) groups is 1. The topological polar surface area (TPSA) is 79.4 Å². The summed E-state index contributed by atoms with van der Waals surface area (Å²) in [7, 11) is 1.57. The van der Waals surface area contributed by atoms with E-state index in [1.165, 1.54) is 12.8 Å². The number of nitrogens with zero attached hydrogens (tertiary/aromatic N) is 4. The fourth-order valence-corrected chi connectivity index (χ4v) is 6.32. The molecule has 2 atom stereocenters. The molecule has 34 heavy (non-hydrogen) atoms. The summed E-state index contributed by atoms with van der Waals surface area (Å²) in [6.07, 6.45) is 3.57. The molecule has 1 N–H and O–H groups in total. The number of aromatic nitrogens is 1. The first-order valence-corrected chi connectivity index (χ1v) is 11.8. The van der Waals surface area contributed by atoms with Gasteiger partial charge in [-0.15, -0.1) is 10.2 Å². The van der Waals surface area contributed by atoms with Gasteiger partial charge in [0.1, 0.15) is 5.75 Å². The minimum absolute atomic E-state index is 0.0401. The van der Waals surface area contributed by atoms with Crippen molar-refractivity contribution in [2.45, 2.75) is 52.7 Å². The average Bonchev–Trinajstić information content (AvgIpc) is 3.20. The first kappa shape index (κ1) is 22.6. The van der Waals surface area contributed by atoms with Crippen LogP contribution in [0.2, 0.25) is 0 Å². The molecule has 1 aliphatic heterocycles. The lowest BCUT2D eigenvalue weighted by molar-refractivity contribution is 0.0995. The molecular formula is C27H32N4O3. The average molecular weight is 461 g/mol. The maximum absolute atomic E-state index is 12.6. The standard InChI is InChI=1S/C27H32N4O3/c1-26(2)13-19-14-27(3,15-26)16-30(19)17-31-22-8-6-5-7-21(22)23(25(31)33)28-29-24(32)18-9-11-20(34-4)12-10-18/h5-12,19,33H,13-17H2,1-4H3/t19-,27+/m1/s1. The molecule has 0 unspecified atom stereocenters. The van der Waals surface area contributed by atoms with Crippen molar-refractivity contribution in [1.29, 1.82) is 0 Å². The Morgan fingerprint density at radius 2 is 1.85 bits per heavy atom. The van der Waals surface area contributed by atoms with E-state index in [0.29, 0.717) is 40.5 Å². The summed E-state index contributed by atoms with van der Waals surface area (Å²) in [4.78, 5) is 15.1. The quantitative estimate of drug-likeness (QED) is 0.464. The van der Waals surface area contributed by atoms with Gasteiger partial charge in [0, 0.05) is 23.5 Å². The van der Waals surface area contributed by atoms with Crippen LogP contribution >= 0.6 is 0 Å². The lowest BCUT2D eigenvalue weighted by Gasteiger charge is -2.40. The van der Waals surface area contributed by atoms with Gasteiger partial charge in [-0.1, -0.05) is 39.0 Å². The van der Waals surface area contributed by atoms with Gasteiger partial charge in [0.05, 0.1) is 19.3 Å². The van der Waals surface area contributed by atoms with Crippen LogP contribution in [0.25, 0.3) is 10.9 Å².